The monoisotopic (exact) mass is 514 g/mol. The molecule has 0 radical (unpaired) electrons. The van der Waals surface area contributed by atoms with Crippen molar-refractivity contribution >= 4 is 56.2 Å². The first-order valence-electron chi connectivity index (χ1n) is 10.2. The molecule has 1 N–H and O–H groups in total. The lowest BCUT2D eigenvalue weighted by Crippen LogP contribution is -2.62. The van der Waals surface area contributed by atoms with Gasteiger partial charge in [-0.05, 0) is 18.6 Å². The number of aromatic nitrogens is 1. The maximum absolute atomic E-state index is 13.8. The number of nitrogens with zero attached hydrogens (tertiary/aromatic N) is 3. The first-order chi connectivity index (χ1) is 15.7. The van der Waals surface area contributed by atoms with Crippen LogP contribution in [0.25, 0.3) is 10.1 Å². The lowest BCUT2D eigenvalue weighted by molar-refractivity contribution is -0.136. The number of benzene rings is 1. The molecule has 2 saturated heterocycles. The maximum atomic E-state index is 13.8. The number of thiazole rings is 1. The number of halogens is 4. The second-order valence-corrected chi connectivity index (χ2v) is 10.5. The molecule has 174 valence electrons. The molecule has 2 fully saturated rings. The van der Waals surface area contributed by atoms with Crippen LogP contribution in [0, 0.1) is 0 Å². The van der Waals surface area contributed by atoms with Crippen molar-refractivity contribution in [2.24, 2.45) is 0 Å². The predicted molar refractivity (Wildman–Crippen MR) is 121 cm³/mol. The van der Waals surface area contributed by atoms with Gasteiger partial charge in [0.15, 0.2) is 5.01 Å². The Hall–Kier alpha value is -2.21. The summed E-state index contributed by atoms with van der Waals surface area (Å²) < 4.78 is 41.6. The average molecular weight is 515 g/mol. The molecule has 0 spiro atoms. The molecule has 33 heavy (non-hydrogen) atoms. The summed E-state index contributed by atoms with van der Waals surface area (Å²) in [5, 5.41) is 5.95. The molecule has 1 atom stereocenters. The van der Waals surface area contributed by atoms with Gasteiger partial charge in [0, 0.05) is 64.9 Å². The Morgan fingerprint density at radius 2 is 1.88 bits per heavy atom. The van der Waals surface area contributed by atoms with E-state index in [-0.39, 0.29) is 28.3 Å². The van der Waals surface area contributed by atoms with E-state index in [0.29, 0.717) is 40.9 Å². The Morgan fingerprint density at radius 1 is 1.12 bits per heavy atom. The fraction of sp³-hybridized carbons (Fsp3) is 0.381. The Kier molecular flexibility index (Phi) is 5.84. The number of fused-ring (bicyclic) bond motifs is 1. The van der Waals surface area contributed by atoms with E-state index in [9.17, 15) is 22.8 Å². The number of hydrogen-bond donors (Lipinski definition) is 1. The van der Waals surface area contributed by atoms with Crippen molar-refractivity contribution in [3.05, 3.63) is 50.2 Å². The van der Waals surface area contributed by atoms with E-state index in [4.69, 9.17) is 11.6 Å². The van der Waals surface area contributed by atoms with Gasteiger partial charge in [-0.15, -0.1) is 22.7 Å². The van der Waals surface area contributed by atoms with Crippen LogP contribution in [0.15, 0.2) is 29.8 Å². The van der Waals surface area contributed by atoms with Gasteiger partial charge in [0.25, 0.3) is 11.8 Å². The largest absolute Gasteiger partial charge is 0.418 e. The zero-order valence-corrected chi connectivity index (χ0v) is 19.5. The third-order valence-electron chi connectivity index (χ3n) is 5.86. The summed E-state index contributed by atoms with van der Waals surface area (Å²) in [5.41, 5.74) is -0.896. The third-order valence-corrected chi connectivity index (χ3v) is 8.00. The van der Waals surface area contributed by atoms with E-state index < -0.39 is 17.6 Å². The molecule has 12 heteroatoms. The lowest BCUT2D eigenvalue weighted by Gasteiger charge is -2.41. The molecule has 2 aromatic heterocycles. The second kappa shape index (κ2) is 8.53. The first-order valence-corrected chi connectivity index (χ1v) is 12.3. The molecule has 4 heterocycles. The van der Waals surface area contributed by atoms with E-state index in [0.717, 1.165) is 17.8 Å². The van der Waals surface area contributed by atoms with Crippen LogP contribution in [0.1, 0.15) is 31.5 Å². The molecule has 2 amide bonds. The van der Waals surface area contributed by atoms with Crippen LogP contribution in [0.4, 0.5) is 13.2 Å². The van der Waals surface area contributed by atoms with E-state index in [1.807, 2.05) is 0 Å². The smallest absolute Gasteiger partial charge is 0.335 e. The van der Waals surface area contributed by atoms with Crippen LogP contribution in [0.3, 0.4) is 0 Å². The summed E-state index contributed by atoms with van der Waals surface area (Å²) >= 11 is 8.05. The van der Waals surface area contributed by atoms with Gasteiger partial charge in [-0.3, -0.25) is 9.59 Å². The number of rotatable bonds is 4. The van der Waals surface area contributed by atoms with E-state index in [2.05, 4.69) is 10.3 Å². The molecule has 1 aromatic carbocycles. The fourth-order valence-electron chi connectivity index (χ4n) is 4.27. The second-order valence-electron chi connectivity index (χ2n) is 8.09. The Balaban J connectivity index is 1.22. The summed E-state index contributed by atoms with van der Waals surface area (Å²) in [7, 11) is 0. The number of carbonyl (C=O) groups excluding carboxylic acids is 2. The molecule has 3 aromatic rings. The van der Waals surface area contributed by atoms with Gasteiger partial charge in [0.05, 0.1) is 5.56 Å². The van der Waals surface area contributed by atoms with Crippen molar-refractivity contribution in [2.45, 2.75) is 24.7 Å². The molecule has 5 rings (SSSR count). The van der Waals surface area contributed by atoms with Crippen LogP contribution in [-0.4, -0.2) is 64.9 Å². The Labute approximate surface area is 200 Å². The summed E-state index contributed by atoms with van der Waals surface area (Å²) in [6.07, 6.45) is -2.27. The first kappa shape index (κ1) is 22.6. The van der Waals surface area contributed by atoms with Gasteiger partial charge < -0.3 is 15.1 Å². The topological polar surface area (TPSA) is 65.5 Å². The molecular formula is C21H18ClF3N4O2S2. The van der Waals surface area contributed by atoms with Crippen molar-refractivity contribution in [2.75, 3.05) is 26.2 Å². The Morgan fingerprint density at radius 3 is 2.58 bits per heavy atom. The van der Waals surface area contributed by atoms with Gasteiger partial charge in [0.1, 0.15) is 4.88 Å². The van der Waals surface area contributed by atoms with E-state index in [1.54, 1.807) is 16.5 Å². The summed E-state index contributed by atoms with van der Waals surface area (Å²) in [5.74, 6) is -0.714. The molecule has 0 aliphatic carbocycles. The van der Waals surface area contributed by atoms with Gasteiger partial charge >= 0.3 is 6.18 Å². The molecule has 6 nitrogen and oxygen atoms in total. The third kappa shape index (κ3) is 4.34. The highest BCUT2D eigenvalue weighted by Gasteiger charge is 2.42. The van der Waals surface area contributed by atoms with Crippen LogP contribution in [0.5, 0.6) is 0 Å². The highest BCUT2D eigenvalue weighted by atomic mass is 35.5. The normalized spacial score (nSPS) is 19.3. The zero-order valence-electron chi connectivity index (χ0n) is 17.1. The minimum Gasteiger partial charge on any atom is -0.335 e. The zero-order chi connectivity index (χ0) is 23.3. The van der Waals surface area contributed by atoms with Crippen molar-refractivity contribution in [1.82, 2.24) is 20.1 Å². The fourth-order valence-corrected chi connectivity index (χ4v) is 6.34. The van der Waals surface area contributed by atoms with Crippen LogP contribution in [0.2, 0.25) is 5.02 Å². The average Bonchev–Trinajstić information content (AvgIpc) is 3.47. The van der Waals surface area contributed by atoms with Gasteiger partial charge in [-0.25, -0.2) is 4.98 Å². The van der Waals surface area contributed by atoms with Crippen molar-refractivity contribution in [3.8, 4) is 0 Å². The number of carbonyl (C=O) groups is 2. The van der Waals surface area contributed by atoms with Crippen LogP contribution in [-0.2, 0) is 6.18 Å². The molecule has 0 bridgehead atoms. The lowest BCUT2D eigenvalue weighted by atomic mass is 10.0. The molecule has 2 aliphatic rings. The number of amides is 2. The molecular weight excluding hydrogens is 497 g/mol. The molecule has 0 saturated carbocycles. The molecule has 0 unspecified atom stereocenters. The van der Waals surface area contributed by atoms with Crippen molar-refractivity contribution < 1.29 is 22.8 Å². The van der Waals surface area contributed by atoms with Gasteiger partial charge in [-0.2, -0.15) is 13.2 Å². The maximum Gasteiger partial charge on any atom is 0.418 e. The van der Waals surface area contributed by atoms with Crippen LogP contribution >= 0.6 is 34.3 Å². The summed E-state index contributed by atoms with van der Waals surface area (Å²) in [4.78, 5) is 32.3. The number of alkyl halides is 3. The quantitative estimate of drug-likeness (QED) is 0.562. The standard InChI is InChI=1S/C21H18ClF3N4O2S2/c22-11-1-2-14-15(7-11)33-17(16(14)21(23,24)25)19(30)29-9-13(10-29)27-12-3-5-28(8-12)20(31)18-26-4-6-32-18/h1-2,4,6-7,12-13,27H,3,5,8-10H2/t12-/m0/s1. The number of nitrogens with one attached hydrogen (secondary N) is 1. The minimum absolute atomic E-state index is 0.00797. The minimum atomic E-state index is -4.64. The summed E-state index contributed by atoms with van der Waals surface area (Å²) in [6, 6.07) is 4.22. The highest BCUT2D eigenvalue weighted by Crippen LogP contribution is 2.43. The van der Waals surface area contributed by atoms with Gasteiger partial charge in [-0.1, -0.05) is 17.7 Å². The van der Waals surface area contributed by atoms with Crippen molar-refractivity contribution in [1.29, 1.82) is 0 Å². The summed E-state index contributed by atoms with van der Waals surface area (Å²) in [6.45, 7) is 1.80. The Bertz CT molecular complexity index is 1210. The number of hydrogen-bond acceptors (Lipinski definition) is 6. The highest BCUT2D eigenvalue weighted by molar-refractivity contribution is 7.21. The van der Waals surface area contributed by atoms with E-state index >= 15 is 0 Å². The van der Waals surface area contributed by atoms with Crippen LogP contribution < -0.4 is 5.32 Å². The van der Waals surface area contributed by atoms with Gasteiger partial charge in [0.2, 0.25) is 0 Å². The predicted octanol–water partition coefficient (Wildman–Crippen LogP) is 4.36. The number of thiophene rings is 1. The van der Waals surface area contributed by atoms with Crippen molar-refractivity contribution in [3.63, 3.8) is 0 Å². The number of likely N-dealkylation sites (tertiary alicyclic amines) is 2. The molecule has 2 aliphatic heterocycles. The SMILES string of the molecule is O=C(c1nccs1)N1CC[C@H](NC2CN(C(=O)c3sc4cc(Cl)ccc4c3C(F)(F)F)C2)C1. The van der Waals surface area contributed by atoms with E-state index in [1.165, 1.54) is 34.4 Å².